The SMILES string of the molecule is CC(=O)c1ccc(N2CCN(CCc3ccccn3)CC2)cc1. The Kier molecular flexibility index (Phi) is 5.03. The average molecular weight is 309 g/mol. The lowest BCUT2D eigenvalue weighted by atomic mass is 10.1. The Morgan fingerprint density at radius 2 is 1.78 bits per heavy atom. The molecule has 0 N–H and O–H groups in total. The van der Waals surface area contributed by atoms with Gasteiger partial charge in [-0.1, -0.05) is 6.07 Å². The lowest BCUT2D eigenvalue weighted by Crippen LogP contribution is -2.47. The molecular weight excluding hydrogens is 286 g/mol. The van der Waals surface area contributed by atoms with E-state index in [-0.39, 0.29) is 5.78 Å². The molecule has 4 nitrogen and oxygen atoms in total. The standard InChI is InChI=1S/C19H23N3O/c1-16(23)17-5-7-19(8-6-17)22-14-12-21(13-15-22)11-9-18-4-2-3-10-20-18/h2-8,10H,9,11-15H2,1H3. The third-order valence-corrected chi connectivity index (χ3v) is 4.42. The highest BCUT2D eigenvalue weighted by Crippen LogP contribution is 2.17. The molecule has 1 saturated heterocycles. The van der Waals surface area contributed by atoms with E-state index in [2.05, 4.69) is 33.0 Å². The van der Waals surface area contributed by atoms with Crippen LogP contribution in [0.2, 0.25) is 0 Å². The third-order valence-electron chi connectivity index (χ3n) is 4.42. The van der Waals surface area contributed by atoms with E-state index in [4.69, 9.17) is 0 Å². The predicted octanol–water partition coefficient (Wildman–Crippen LogP) is 2.65. The number of rotatable bonds is 5. The number of carbonyl (C=O) groups is 1. The first-order valence-electron chi connectivity index (χ1n) is 8.20. The van der Waals surface area contributed by atoms with Crippen molar-refractivity contribution in [1.29, 1.82) is 0 Å². The van der Waals surface area contributed by atoms with Gasteiger partial charge in [-0.3, -0.25) is 14.7 Å². The highest BCUT2D eigenvalue weighted by Gasteiger charge is 2.17. The fourth-order valence-electron chi connectivity index (χ4n) is 2.96. The van der Waals surface area contributed by atoms with Crippen molar-refractivity contribution in [3.8, 4) is 0 Å². The molecule has 1 aliphatic rings. The summed E-state index contributed by atoms with van der Waals surface area (Å²) < 4.78 is 0. The number of carbonyl (C=O) groups excluding carboxylic acids is 1. The molecular formula is C19H23N3O. The van der Waals surface area contributed by atoms with E-state index in [9.17, 15) is 4.79 Å². The number of hydrogen-bond donors (Lipinski definition) is 0. The number of piperazine rings is 1. The van der Waals surface area contributed by atoms with E-state index in [1.165, 1.54) is 5.69 Å². The Bertz CT molecular complexity index is 631. The van der Waals surface area contributed by atoms with Gasteiger partial charge in [0.25, 0.3) is 0 Å². The van der Waals surface area contributed by atoms with Crippen molar-refractivity contribution in [2.45, 2.75) is 13.3 Å². The van der Waals surface area contributed by atoms with E-state index >= 15 is 0 Å². The second-order valence-electron chi connectivity index (χ2n) is 6.00. The van der Waals surface area contributed by atoms with Gasteiger partial charge in [-0.05, 0) is 43.3 Å². The zero-order chi connectivity index (χ0) is 16.1. The summed E-state index contributed by atoms with van der Waals surface area (Å²) in [6.07, 6.45) is 2.87. The maximum atomic E-state index is 11.3. The molecule has 0 radical (unpaired) electrons. The average Bonchev–Trinajstić information content (AvgIpc) is 2.61. The molecule has 120 valence electrons. The van der Waals surface area contributed by atoms with Gasteiger partial charge in [-0.2, -0.15) is 0 Å². The van der Waals surface area contributed by atoms with Gasteiger partial charge in [0.1, 0.15) is 0 Å². The normalized spacial score (nSPS) is 15.6. The van der Waals surface area contributed by atoms with Crippen LogP contribution in [-0.4, -0.2) is 48.4 Å². The van der Waals surface area contributed by atoms with Gasteiger partial charge in [-0.25, -0.2) is 0 Å². The Labute approximate surface area is 137 Å². The lowest BCUT2D eigenvalue weighted by molar-refractivity contribution is 0.101. The minimum atomic E-state index is 0.121. The molecule has 1 aliphatic heterocycles. The second-order valence-corrected chi connectivity index (χ2v) is 6.00. The molecule has 0 atom stereocenters. The van der Waals surface area contributed by atoms with Gasteiger partial charge in [0, 0.05) is 62.3 Å². The highest BCUT2D eigenvalue weighted by molar-refractivity contribution is 5.94. The summed E-state index contributed by atoms with van der Waals surface area (Å²) in [5, 5.41) is 0. The monoisotopic (exact) mass is 309 g/mol. The van der Waals surface area contributed by atoms with E-state index < -0.39 is 0 Å². The minimum absolute atomic E-state index is 0.121. The van der Waals surface area contributed by atoms with Gasteiger partial charge >= 0.3 is 0 Å². The van der Waals surface area contributed by atoms with E-state index in [1.54, 1.807) is 6.92 Å². The number of pyridine rings is 1. The summed E-state index contributed by atoms with van der Waals surface area (Å²) in [5.41, 5.74) is 3.15. The van der Waals surface area contributed by atoms with Gasteiger partial charge in [0.2, 0.25) is 0 Å². The number of benzene rings is 1. The summed E-state index contributed by atoms with van der Waals surface area (Å²) >= 11 is 0. The fourth-order valence-corrected chi connectivity index (χ4v) is 2.96. The van der Waals surface area contributed by atoms with Crippen LogP contribution in [-0.2, 0) is 6.42 Å². The van der Waals surface area contributed by atoms with Crippen molar-refractivity contribution < 1.29 is 4.79 Å². The number of Topliss-reactive ketones (excluding diaryl/α,β-unsaturated/α-hetero) is 1. The Hall–Kier alpha value is -2.20. The van der Waals surface area contributed by atoms with Crippen LogP contribution in [0.5, 0.6) is 0 Å². The predicted molar refractivity (Wildman–Crippen MR) is 93.0 cm³/mol. The molecule has 1 aromatic carbocycles. The number of nitrogens with zero attached hydrogens (tertiary/aromatic N) is 3. The fraction of sp³-hybridized carbons (Fsp3) is 0.368. The summed E-state index contributed by atoms with van der Waals surface area (Å²) in [7, 11) is 0. The summed E-state index contributed by atoms with van der Waals surface area (Å²) in [6.45, 7) is 6.87. The molecule has 0 aliphatic carbocycles. The maximum Gasteiger partial charge on any atom is 0.159 e. The molecule has 1 fully saturated rings. The maximum absolute atomic E-state index is 11.3. The molecule has 2 aromatic rings. The first-order chi connectivity index (χ1) is 11.2. The molecule has 23 heavy (non-hydrogen) atoms. The number of hydrogen-bond acceptors (Lipinski definition) is 4. The molecule has 3 rings (SSSR count). The molecule has 0 amide bonds. The van der Waals surface area contributed by atoms with Crippen LogP contribution in [0.15, 0.2) is 48.7 Å². The van der Waals surface area contributed by atoms with Crippen LogP contribution >= 0.6 is 0 Å². The zero-order valence-corrected chi connectivity index (χ0v) is 13.6. The first kappa shape index (κ1) is 15.7. The third kappa shape index (κ3) is 4.17. The second kappa shape index (κ2) is 7.38. The molecule has 0 bridgehead atoms. The highest BCUT2D eigenvalue weighted by atomic mass is 16.1. The quantitative estimate of drug-likeness (QED) is 0.796. The topological polar surface area (TPSA) is 36.4 Å². The van der Waals surface area contributed by atoms with Gasteiger partial charge in [0.15, 0.2) is 5.78 Å². The number of anilines is 1. The van der Waals surface area contributed by atoms with Gasteiger partial charge in [0.05, 0.1) is 0 Å². The molecule has 0 saturated carbocycles. The Balaban J connectivity index is 1.49. The van der Waals surface area contributed by atoms with Crippen LogP contribution in [0.4, 0.5) is 5.69 Å². The van der Waals surface area contributed by atoms with Crippen LogP contribution in [0.1, 0.15) is 23.0 Å². The van der Waals surface area contributed by atoms with Crippen molar-refractivity contribution in [3.63, 3.8) is 0 Å². The van der Waals surface area contributed by atoms with Gasteiger partial charge in [-0.15, -0.1) is 0 Å². The van der Waals surface area contributed by atoms with E-state index in [0.29, 0.717) is 0 Å². The summed E-state index contributed by atoms with van der Waals surface area (Å²) in [5.74, 6) is 0.121. The number of ketones is 1. The van der Waals surface area contributed by atoms with Crippen molar-refractivity contribution >= 4 is 11.5 Å². The molecule has 1 aromatic heterocycles. The van der Waals surface area contributed by atoms with Crippen LogP contribution in [0, 0.1) is 0 Å². The Morgan fingerprint density at radius 1 is 1.04 bits per heavy atom. The van der Waals surface area contributed by atoms with E-state index in [0.717, 1.165) is 50.4 Å². The van der Waals surface area contributed by atoms with Crippen LogP contribution < -0.4 is 4.90 Å². The number of aromatic nitrogens is 1. The first-order valence-corrected chi connectivity index (χ1v) is 8.20. The smallest absolute Gasteiger partial charge is 0.159 e. The molecule has 0 unspecified atom stereocenters. The largest absolute Gasteiger partial charge is 0.369 e. The minimum Gasteiger partial charge on any atom is -0.369 e. The van der Waals surface area contributed by atoms with Crippen LogP contribution in [0.25, 0.3) is 0 Å². The van der Waals surface area contributed by atoms with Crippen molar-refractivity contribution in [2.24, 2.45) is 0 Å². The zero-order valence-electron chi connectivity index (χ0n) is 13.6. The van der Waals surface area contributed by atoms with Crippen molar-refractivity contribution in [2.75, 3.05) is 37.6 Å². The Morgan fingerprint density at radius 3 is 2.39 bits per heavy atom. The molecule has 2 heterocycles. The molecule has 0 spiro atoms. The van der Waals surface area contributed by atoms with Crippen molar-refractivity contribution in [1.82, 2.24) is 9.88 Å². The van der Waals surface area contributed by atoms with E-state index in [1.807, 2.05) is 30.5 Å². The summed E-state index contributed by atoms with van der Waals surface area (Å²) in [6, 6.07) is 14.0. The van der Waals surface area contributed by atoms with Crippen LogP contribution in [0.3, 0.4) is 0 Å². The summed E-state index contributed by atoms with van der Waals surface area (Å²) in [4.78, 5) is 20.6. The molecule has 4 heteroatoms. The van der Waals surface area contributed by atoms with Gasteiger partial charge < -0.3 is 4.90 Å². The lowest BCUT2D eigenvalue weighted by Gasteiger charge is -2.36. The van der Waals surface area contributed by atoms with Crippen molar-refractivity contribution in [3.05, 3.63) is 59.9 Å².